The summed E-state index contributed by atoms with van der Waals surface area (Å²) in [7, 11) is 3.06. The van der Waals surface area contributed by atoms with E-state index in [0.717, 1.165) is 34.0 Å². The van der Waals surface area contributed by atoms with Crippen molar-refractivity contribution in [3.05, 3.63) is 59.7 Å². The van der Waals surface area contributed by atoms with Crippen LogP contribution in [-0.2, 0) is 9.68 Å². The minimum absolute atomic E-state index is 0.455. The molecule has 0 N–H and O–H groups in total. The molecular formula is C20H24N2O4. The minimum atomic E-state index is 0.455. The molecule has 2 rings (SSSR count). The molecule has 6 nitrogen and oxygen atoms in total. The molecule has 2 aromatic rings. The fourth-order valence-corrected chi connectivity index (χ4v) is 2.28. The second-order valence-corrected chi connectivity index (χ2v) is 5.46. The van der Waals surface area contributed by atoms with Crippen LogP contribution in [0.5, 0.6) is 11.5 Å². The van der Waals surface area contributed by atoms with Crippen molar-refractivity contribution < 1.29 is 19.1 Å². The number of nitrogens with zero attached hydrogens (tertiary/aromatic N) is 2. The minimum Gasteiger partial charge on any atom is -0.490 e. The summed E-state index contributed by atoms with van der Waals surface area (Å²) in [5.41, 5.74) is 3.61. The molecule has 0 saturated carbocycles. The van der Waals surface area contributed by atoms with Crippen molar-refractivity contribution in [1.82, 2.24) is 0 Å². The third-order valence-corrected chi connectivity index (χ3v) is 3.62. The smallest absolute Gasteiger partial charge is 0.122 e. The lowest BCUT2D eigenvalue weighted by molar-refractivity contribution is 0.213. The van der Waals surface area contributed by atoms with E-state index in [1.54, 1.807) is 0 Å². The molecule has 0 bridgehead atoms. The van der Waals surface area contributed by atoms with Crippen molar-refractivity contribution >= 4 is 11.4 Å². The highest BCUT2D eigenvalue weighted by atomic mass is 16.6. The average Bonchev–Trinajstić information content (AvgIpc) is 2.66. The Morgan fingerprint density at radius 3 is 1.31 bits per heavy atom. The number of rotatable bonds is 9. The van der Waals surface area contributed by atoms with E-state index in [2.05, 4.69) is 10.3 Å². The Hall–Kier alpha value is -3.02. The van der Waals surface area contributed by atoms with E-state index in [9.17, 15) is 0 Å². The predicted octanol–water partition coefficient (Wildman–Crippen LogP) is 3.89. The summed E-state index contributed by atoms with van der Waals surface area (Å²) in [5, 5.41) is 7.80. The van der Waals surface area contributed by atoms with E-state index in [1.807, 2.05) is 62.4 Å². The van der Waals surface area contributed by atoms with Crippen LogP contribution in [0.1, 0.15) is 25.0 Å². The Morgan fingerprint density at radius 2 is 1.00 bits per heavy atom. The van der Waals surface area contributed by atoms with Crippen LogP contribution in [0.15, 0.2) is 58.8 Å². The van der Waals surface area contributed by atoms with Crippen LogP contribution < -0.4 is 9.47 Å². The first kappa shape index (κ1) is 19.3. The van der Waals surface area contributed by atoms with Crippen molar-refractivity contribution in [1.29, 1.82) is 0 Å². The Bertz CT molecular complexity index is 672. The molecule has 138 valence electrons. The summed E-state index contributed by atoms with van der Waals surface area (Å²) in [4.78, 5) is 9.54. The fraction of sp³-hybridized carbons (Fsp3) is 0.300. The lowest BCUT2D eigenvalue weighted by atomic mass is 10.1. The molecule has 0 saturated heterocycles. The van der Waals surface area contributed by atoms with Gasteiger partial charge < -0.3 is 19.1 Å². The Kier molecular flexibility index (Phi) is 7.49. The van der Waals surface area contributed by atoms with Gasteiger partial charge >= 0.3 is 0 Å². The third kappa shape index (κ3) is 5.81. The molecule has 0 aliphatic heterocycles. The number of hydrogen-bond acceptors (Lipinski definition) is 6. The first-order valence-corrected chi connectivity index (χ1v) is 8.26. The van der Waals surface area contributed by atoms with Crippen molar-refractivity contribution in [2.45, 2.75) is 13.8 Å². The van der Waals surface area contributed by atoms with Crippen LogP contribution in [0.2, 0.25) is 0 Å². The number of ether oxygens (including phenoxy) is 2. The van der Waals surface area contributed by atoms with Gasteiger partial charge in [-0.1, -0.05) is 10.3 Å². The lowest BCUT2D eigenvalue weighted by Gasteiger charge is -2.09. The van der Waals surface area contributed by atoms with Gasteiger partial charge in [0.15, 0.2) is 0 Å². The number of hydrogen-bond donors (Lipinski definition) is 0. The Labute approximate surface area is 154 Å². The van der Waals surface area contributed by atoms with E-state index in [4.69, 9.17) is 19.1 Å². The van der Waals surface area contributed by atoms with Gasteiger partial charge in [-0.2, -0.15) is 0 Å². The van der Waals surface area contributed by atoms with Crippen LogP contribution in [0.4, 0.5) is 0 Å². The maximum atomic E-state index is 5.68. The van der Waals surface area contributed by atoms with Crippen LogP contribution >= 0.6 is 0 Å². The highest BCUT2D eigenvalue weighted by Crippen LogP contribution is 2.15. The first-order chi connectivity index (χ1) is 12.6. The molecule has 0 unspecified atom stereocenters. The van der Waals surface area contributed by atoms with Gasteiger partial charge in [-0.25, -0.2) is 0 Å². The molecule has 0 aliphatic carbocycles. The van der Waals surface area contributed by atoms with Crippen LogP contribution in [0, 0.1) is 0 Å². The molecule has 0 atom stereocenters. The van der Waals surface area contributed by atoms with Gasteiger partial charge in [-0.3, -0.25) is 0 Å². The van der Waals surface area contributed by atoms with Gasteiger partial charge in [0.1, 0.15) is 38.9 Å². The van der Waals surface area contributed by atoms with Crippen molar-refractivity contribution in [3.8, 4) is 11.5 Å². The maximum absolute atomic E-state index is 5.68. The molecule has 0 spiro atoms. The first-order valence-electron chi connectivity index (χ1n) is 8.26. The van der Waals surface area contributed by atoms with E-state index in [0.29, 0.717) is 13.2 Å². The fourth-order valence-electron chi connectivity index (χ4n) is 2.28. The summed E-state index contributed by atoms with van der Waals surface area (Å²) >= 11 is 0. The topological polar surface area (TPSA) is 61.6 Å². The van der Waals surface area contributed by atoms with Crippen LogP contribution in [0.25, 0.3) is 0 Å². The molecular weight excluding hydrogens is 332 g/mol. The largest absolute Gasteiger partial charge is 0.490 e. The Balaban J connectivity index is 1.78. The average molecular weight is 356 g/mol. The van der Waals surface area contributed by atoms with E-state index < -0.39 is 0 Å². The standard InChI is InChI=1S/C20H24N2O4/c1-15(21-23-3)17-5-9-19(10-6-17)25-13-14-26-20-11-7-18(8-12-20)16(2)22-24-4/h5-12H,13-14H2,1-4H3/b21-15-,22-16-. The van der Waals surface area contributed by atoms with Gasteiger partial charge in [0, 0.05) is 0 Å². The highest BCUT2D eigenvalue weighted by molar-refractivity contribution is 5.98. The molecule has 0 aliphatic rings. The zero-order valence-corrected chi connectivity index (χ0v) is 15.6. The summed E-state index contributed by atoms with van der Waals surface area (Å²) in [6.45, 7) is 4.69. The van der Waals surface area contributed by atoms with Crippen molar-refractivity contribution in [3.63, 3.8) is 0 Å². The van der Waals surface area contributed by atoms with Crippen molar-refractivity contribution in [2.75, 3.05) is 27.4 Å². The maximum Gasteiger partial charge on any atom is 0.122 e. The highest BCUT2D eigenvalue weighted by Gasteiger charge is 2.01. The van der Waals surface area contributed by atoms with Crippen LogP contribution in [-0.4, -0.2) is 38.9 Å². The SMILES string of the molecule is CO/N=C(/C)c1ccc(OCCOc2ccc(/C(C)=N\OC)cc2)cc1. The lowest BCUT2D eigenvalue weighted by Crippen LogP contribution is -2.09. The molecule has 2 aromatic carbocycles. The normalized spacial score (nSPS) is 11.8. The Morgan fingerprint density at radius 1 is 0.654 bits per heavy atom. The number of oxime groups is 2. The third-order valence-electron chi connectivity index (χ3n) is 3.62. The zero-order chi connectivity index (χ0) is 18.8. The molecule has 0 radical (unpaired) electrons. The second kappa shape index (κ2) is 10.1. The van der Waals surface area contributed by atoms with E-state index >= 15 is 0 Å². The molecule has 0 amide bonds. The van der Waals surface area contributed by atoms with Gasteiger partial charge in [0.25, 0.3) is 0 Å². The molecule has 0 fully saturated rings. The monoisotopic (exact) mass is 356 g/mol. The zero-order valence-electron chi connectivity index (χ0n) is 15.6. The van der Waals surface area contributed by atoms with E-state index in [-0.39, 0.29) is 0 Å². The second-order valence-electron chi connectivity index (χ2n) is 5.46. The summed E-state index contributed by atoms with van der Waals surface area (Å²) < 4.78 is 11.4. The predicted molar refractivity (Wildman–Crippen MR) is 102 cm³/mol. The molecule has 0 heterocycles. The van der Waals surface area contributed by atoms with Crippen LogP contribution in [0.3, 0.4) is 0 Å². The van der Waals surface area contributed by atoms with Gasteiger partial charge in [-0.15, -0.1) is 0 Å². The van der Waals surface area contributed by atoms with Gasteiger partial charge in [0.2, 0.25) is 0 Å². The summed E-state index contributed by atoms with van der Waals surface area (Å²) in [5.74, 6) is 1.56. The van der Waals surface area contributed by atoms with Crippen molar-refractivity contribution in [2.24, 2.45) is 10.3 Å². The van der Waals surface area contributed by atoms with Gasteiger partial charge in [0.05, 0.1) is 11.4 Å². The molecule has 26 heavy (non-hydrogen) atoms. The van der Waals surface area contributed by atoms with Gasteiger partial charge in [-0.05, 0) is 73.5 Å². The van der Waals surface area contributed by atoms with E-state index in [1.165, 1.54) is 14.2 Å². The summed E-state index contributed by atoms with van der Waals surface area (Å²) in [6, 6.07) is 15.4. The molecule has 0 aromatic heterocycles. The molecule has 6 heteroatoms. The number of benzene rings is 2. The summed E-state index contributed by atoms with van der Waals surface area (Å²) in [6.07, 6.45) is 0. The quantitative estimate of drug-likeness (QED) is 0.388.